The van der Waals surface area contributed by atoms with Crippen LogP contribution in [-0.4, -0.2) is 6.54 Å². The highest BCUT2D eigenvalue weighted by atomic mass is 15.2. The number of nitrogens with zero attached hydrogens (tertiary/aromatic N) is 2. The average Bonchev–Trinajstić information content (AvgIpc) is 3.09. The van der Waals surface area contributed by atoms with Gasteiger partial charge in [0.05, 0.1) is 11.4 Å². The van der Waals surface area contributed by atoms with Crippen molar-refractivity contribution in [1.82, 2.24) is 0 Å². The largest absolute Gasteiger partial charge is 0.337 e. The number of rotatable bonds is 6. The summed E-state index contributed by atoms with van der Waals surface area (Å²) in [6.07, 6.45) is 12.7. The van der Waals surface area contributed by atoms with Crippen molar-refractivity contribution >= 4 is 40.6 Å². The first-order valence-corrected chi connectivity index (χ1v) is 16.5. The number of anilines is 5. The van der Waals surface area contributed by atoms with Gasteiger partial charge in [0.15, 0.2) is 0 Å². The van der Waals surface area contributed by atoms with Gasteiger partial charge in [-0.1, -0.05) is 137 Å². The molecule has 2 nitrogen and oxygen atoms in total. The maximum absolute atomic E-state index is 3.86. The summed E-state index contributed by atoms with van der Waals surface area (Å²) in [6.45, 7) is 14.1. The van der Waals surface area contributed by atoms with E-state index in [1.54, 1.807) is 0 Å². The van der Waals surface area contributed by atoms with E-state index in [-0.39, 0.29) is 10.8 Å². The Morgan fingerprint density at radius 3 is 1.77 bits per heavy atom. The molecule has 2 heteroatoms. The van der Waals surface area contributed by atoms with E-state index in [1.165, 1.54) is 61.8 Å². The predicted molar refractivity (Wildman–Crippen MR) is 203 cm³/mol. The van der Waals surface area contributed by atoms with Crippen molar-refractivity contribution in [2.24, 2.45) is 0 Å². The lowest BCUT2D eigenvalue weighted by atomic mass is 9.73. The van der Waals surface area contributed by atoms with Gasteiger partial charge in [-0.15, -0.1) is 0 Å². The summed E-state index contributed by atoms with van der Waals surface area (Å²) in [5.41, 5.74) is 13.6. The number of allylic oxidation sites excluding steroid dienone is 4. The van der Waals surface area contributed by atoms with E-state index in [0.29, 0.717) is 0 Å². The minimum Gasteiger partial charge on any atom is -0.337 e. The van der Waals surface area contributed by atoms with E-state index >= 15 is 0 Å². The molecule has 2 aliphatic rings. The fraction of sp³-hybridized carbons (Fsp3) is 0.156. The SMILES string of the molecule is C=C/C=C\C=C1/CN(c2ccccc2)c2ccc(/C=C/c3ccc4c(c3)C(C)(C)c3ccccc3N4c3ccccc3)cc2C1(C)C. The zero-order chi connectivity index (χ0) is 32.6. The van der Waals surface area contributed by atoms with Crippen LogP contribution in [0.2, 0.25) is 0 Å². The molecule has 0 aromatic heterocycles. The molecule has 0 saturated heterocycles. The van der Waals surface area contributed by atoms with Gasteiger partial charge in [-0.2, -0.15) is 0 Å². The zero-order valence-corrected chi connectivity index (χ0v) is 27.8. The second-order valence-corrected chi connectivity index (χ2v) is 13.6. The van der Waals surface area contributed by atoms with Crippen molar-refractivity contribution in [3.8, 4) is 0 Å². The van der Waals surface area contributed by atoms with Crippen LogP contribution in [0.25, 0.3) is 12.2 Å². The minimum absolute atomic E-state index is 0.125. The molecule has 5 aromatic rings. The van der Waals surface area contributed by atoms with Crippen LogP contribution >= 0.6 is 0 Å². The third-order valence-corrected chi connectivity index (χ3v) is 9.96. The van der Waals surface area contributed by atoms with Crippen LogP contribution in [0.3, 0.4) is 0 Å². The highest BCUT2D eigenvalue weighted by Gasteiger charge is 2.37. The lowest BCUT2D eigenvalue weighted by Gasteiger charge is -2.42. The van der Waals surface area contributed by atoms with Crippen molar-refractivity contribution in [2.45, 2.75) is 38.5 Å². The molecule has 0 unspecified atom stereocenters. The molecule has 0 N–H and O–H groups in total. The molecule has 5 aromatic carbocycles. The summed E-state index contributed by atoms with van der Waals surface area (Å²) in [5, 5.41) is 0. The zero-order valence-electron chi connectivity index (χ0n) is 27.8. The van der Waals surface area contributed by atoms with Crippen molar-refractivity contribution < 1.29 is 0 Å². The summed E-state index contributed by atoms with van der Waals surface area (Å²) in [7, 11) is 0. The summed E-state index contributed by atoms with van der Waals surface area (Å²) in [4.78, 5) is 4.84. The Balaban J connectivity index is 1.28. The molecule has 2 heterocycles. The summed E-state index contributed by atoms with van der Waals surface area (Å²) < 4.78 is 0. The first-order chi connectivity index (χ1) is 22.8. The first-order valence-electron chi connectivity index (χ1n) is 16.5. The number of benzene rings is 5. The fourth-order valence-corrected chi connectivity index (χ4v) is 7.24. The van der Waals surface area contributed by atoms with Gasteiger partial charge in [-0.25, -0.2) is 0 Å². The van der Waals surface area contributed by atoms with Gasteiger partial charge in [-0.3, -0.25) is 0 Å². The molecule has 2 aliphatic heterocycles. The Morgan fingerprint density at radius 1 is 0.553 bits per heavy atom. The lowest BCUT2D eigenvalue weighted by molar-refractivity contribution is 0.588. The van der Waals surface area contributed by atoms with Crippen molar-refractivity contribution in [1.29, 1.82) is 0 Å². The van der Waals surface area contributed by atoms with Crippen LogP contribution in [0.5, 0.6) is 0 Å². The molecule has 7 rings (SSSR count). The molecular formula is C45H42N2. The maximum atomic E-state index is 3.86. The second kappa shape index (κ2) is 12.1. The van der Waals surface area contributed by atoms with Gasteiger partial charge in [-0.05, 0) is 88.0 Å². The van der Waals surface area contributed by atoms with Crippen LogP contribution in [0, 0.1) is 0 Å². The van der Waals surface area contributed by atoms with Crippen LogP contribution in [0.15, 0.2) is 158 Å². The van der Waals surface area contributed by atoms with Crippen molar-refractivity contribution in [2.75, 3.05) is 16.3 Å². The molecule has 0 aliphatic carbocycles. The predicted octanol–water partition coefficient (Wildman–Crippen LogP) is 12.1. The Kier molecular flexibility index (Phi) is 7.82. The number of hydrogen-bond acceptors (Lipinski definition) is 2. The van der Waals surface area contributed by atoms with Gasteiger partial charge in [0.2, 0.25) is 0 Å². The highest BCUT2D eigenvalue weighted by Crippen LogP contribution is 2.52. The molecule has 47 heavy (non-hydrogen) atoms. The van der Waals surface area contributed by atoms with Crippen LogP contribution in [-0.2, 0) is 10.8 Å². The van der Waals surface area contributed by atoms with Gasteiger partial charge >= 0.3 is 0 Å². The molecule has 0 saturated carbocycles. The van der Waals surface area contributed by atoms with E-state index in [2.05, 4.69) is 190 Å². The molecule has 0 spiro atoms. The Labute approximate surface area is 280 Å². The quantitative estimate of drug-likeness (QED) is 0.139. The smallest absolute Gasteiger partial charge is 0.0503 e. The second-order valence-electron chi connectivity index (χ2n) is 13.6. The van der Waals surface area contributed by atoms with E-state index in [0.717, 1.165) is 6.54 Å². The van der Waals surface area contributed by atoms with Gasteiger partial charge in [0, 0.05) is 34.4 Å². The Morgan fingerprint density at radius 2 is 1.11 bits per heavy atom. The first kappa shape index (κ1) is 30.3. The van der Waals surface area contributed by atoms with Gasteiger partial charge in [0.1, 0.15) is 0 Å². The highest BCUT2D eigenvalue weighted by molar-refractivity contribution is 5.87. The normalized spacial score (nSPS) is 17.1. The number of para-hydroxylation sites is 3. The molecule has 0 amide bonds. The van der Waals surface area contributed by atoms with Crippen LogP contribution in [0.4, 0.5) is 28.4 Å². The summed E-state index contributed by atoms with van der Waals surface area (Å²) in [6, 6.07) is 44.1. The Bertz CT molecular complexity index is 2030. The van der Waals surface area contributed by atoms with E-state index in [9.17, 15) is 0 Å². The standard InChI is InChI=1S/C45H42N2/c1-6-7-10-17-35-32-46(36-18-11-8-12-19-36)41-28-26-33(30-39(41)44(35,2)3)24-25-34-27-29-43-40(31-34)45(4,5)38-22-15-16-23-42(38)47(43)37-20-13-9-14-21-37/h6-31H,1,32H2,2-5H3/b10-7-,25-24+,35-17+. The fourth-order valence-electron chi connectivity index (χ4n) is 7.24. The van der Waals surface area contributed by atoms with Crippen molar-refractivity contribution in [3.63, 3.8) is 0 Å². The topological polar surface area (TPSA) is 6.48 Å². The third-order valence-electron chi connectivity index (χ3n) is 9.96. The monoisotopic (exact) mass is 610 g/mol. The number of hydrogen-bond donors (Lipinski definition) is 0. The molecule has 0 radical (unpaired) electrons. The van der Waals surface area contributed by atoms with Crippen LogP contribution < -0.4 is 9.80 Å². The van der Waals surface area contributed by atoms with E-state index < -0.39 is 0 Å². The maximum Gasteiger partial charge on any atom is 0.0503 e. The molecule has 232 valence electrons. The third kappa shape index (κ3) is 5.44. The Hall–Kier alpha value is -5.34. The molecule has 0 fully saturated rings. The van der Waals surface area contributed by atoms with Gasteiger partial charge in [0.25, 0.3) is 0 Å². The van der Waals surface area contributed by atoms with Crippen LogP contribution in [0.1, 0.15) is 55.5 Å². The van der Waals surface area contributed by atoms with Gasteiger partial charge < -0.3 is 9.80 Å². The summed E-state index contributed by atoms with van der Waals surface area (Å²) >= 11 is 0. The van der Waals surface area contributed by atoms with Crippen molar-refractivity contribution in [3.05, 3.63) is 186 Å². The van der Waals surface area contributed by atoms with E-state index in [4.69, 9.17) is 0 Å². The molecule has 0 bridgehead atoms. The summed E-state index contributed by atoms with van der Waals surface area (Å²) in [5.74, 6) is 0. The average molecular weight is 611 g/mol. The lowest BCUT2D eigenvalue weighted by Crippen LogP contribution is -2.37. The molecular weight excluding hydrogens is 569 g/mol. The minimum atomic E-state index is -0.138. The number of fused-ring (bicyclic) bond motifs is 3. The van der Waals surface area contributed by atoms with E-state index in [1.807, 2.05) is 12.2 Å². The molecule has 0 atom stereocenters.